The van der Waals surface area contributed by atoms with Gasteiger partial charge >= 0.3 is 0 Å². The van der Waals surface area contributed by atoms with E-state index in [1.165, 1.54) is 19.3 Å². The summed E-state index contributed by atoms with van der Waals surface area (Å²) >= 11 is 0. The molecule has 5 rings (SSSR count). The normalized spacial score (nSPS) is 17.7. The lowest BCUT2D eigenvalue weighted by molar-refractivity contribution is -0.126. The minimum atomic E-state index is -0.0868. The standard InChI is InChI=1S/C27H44N8O2.C8H12N2O.C2H6/c1-5-19(2)8-6-9-20(3)23-17-35-27(30-23)31-25(22(32-35)16-21-10-7-11-29-26(21)37)34-14-12-33(13-15-34)18-24(36)28-4;1-6(2)8(11)7-4-5-9-10(7)3;1-2/h17,19-21H,5-16,18H2,1-4H3,(H,28,36)(H,29,37);4-6H,1-3H3;1-2H3. The molecule has 3 aromatic heterocycles. The summed E-state index contributed by atoms with van der Waals surface area (Å²) in [6.07, 6.45) is 10.8. The maximum absolute atomic E-state index is 12.6. The van der Waals surface area contributed by atoms with E-state index in [1.54, 1.807) is 31.0 Å². The number of fused-ring (bicyclic) bond motifs is 1. The number of hydrogen-bond donors (Lipinski definition) is 2. The fraction of sp³-hybridized carbons (Fsp3) is 0.703. The van der Waals surface area contributed by atoms with Crippen LogP contribution in [0.5, 0.6) is 0 Å². The Labute approximate surface area is 299 Å². The van der Waals surface area contributed by atoms with E-state index in [0.717, 1.165) is 75.1 Å². The van der Waals surface area contributed by atoms with Crippen molar-refractivity contribution in [1.29, 1.82) is 0 Å². The van der Waals surface area contributed by atoms with Crippen LogP contribution in [0.15, 0.2) is 18.5 Å². The molecule has 5 heterocycles. The van der Waals surface area contributed by atoms with Gasteiger partial charge in [0.15, 0.2) is 11.6 Å². The third-order valence-electron chi connectivity index (χ3n) is 9.67. The molecule has 0 bridgehead atoms. The SMILES string of the molecule is CC.CC(C)C(=O)c1ccnn1C.CCC(C)CCCC(C)c1cn2nc(CC3CCCNC3=O)c(N3CCN(CC(=O)NC)CC3)nc2n1. The van der Waals surface area contributed by atoms with Crippen LogP contribution in [-0.2, 0) is 23.1 Å². The van der Waals surface area contributed by atoms with Crippen LogP contribution in [0.2, 0.25) is 0 Å². The van der Waals surface area contributed by atoms with Gasteiger partial charge in [-0.1, -0.05) is 67.7 Å². The minimum Gasteiger partial charge on any atom is -0.358 e. The number of aromatic nitrogens is 6. The van der Waals surface area contributed by atoms with E-state index in [-0.39, 0.29) is 29.4 Å². The lowest BCUT2D eigenvalue weighted by Gasteiger charge is -2.35. The van der Waals surface area contributed by atoms with Gasteiger partial charge in [0.2, 0.25) is 11.8 Å². The maximum atomic E-state index is 12.6. The fourth-order valence-electron chi connectivity index (χ4n) is 6.18. The van der Waals surface area contributed by atoms with E-state index < -0.39 is 0 Å². The van der Waals surface area contributed by atoms with Gasteiger partial charge in [-0.25, -0.2) is 9.50 Å². The smallest absolute Gasteiger partial charge is 0.252 e. The second-order valence-electron chi connectivity index (χ2n) is 13.8. The molecule has 3 unspecified atom stereocenters. The number of Topliss-reactive ketones (excluding diaryl/α,β-unsaturated/α-hetero) is 1. The van der Waals surface area contributed by atoms with Gasteiger partial charge in [0.25, 0.3) is 5.78 Å². The van der Waals surface area contributed by atoms with Gasteiger partial charge in [-0.05, 0) is 31.2 Å². The molecule has 2 amide bonds. The number of nitrogens with zero attached hydrogens (tertiary/aromatic N) is 8. The number of ketones is 1. The molecule has 3 atom stereocenters. The summed E-state index contributed by atoms with van der Waals surface area (Å²) in [6.45, 7) is 18.8. The topological polar surface area (TPSA) is 143 Å². The molecule has 0 aliphatic carbocycles. The number of aryl methyl sites for hydroxylation is 1. The number of rotatable bonds is 13. The number of imidazole rings is 1. The second kappa shape index (κ2) is 20.1. The molecule has 0 aromatic carbocycles. The summed E-state index contributed by atoms with van der Waals surface area (Å²) in [5, 5.41) is 14.6. The van der Waals surface area contributed by atoms with Crippen molar-refractivity contribution in [3.8, 4) is 0 Å². The zero-order valence-corrected chi connectivity index (χ0v) is 32.0. The maximum Gasteiger partial charge on any atom is 0.252 e. The monoisotopic (exact) mass is 695 g/mol. The van der Waals surface area contributed by atoms with Gasteiger partial charge in [0.1, 0.15) is 11.4 Å². The number of piperazine rings is 1. The van der Waals surface area contributed by atoms with Crippen LogP contribution in [0.1, 0.15) is 115 Å². The quantitative estimate of drug-likeness (QED) is 0.244. The Kier molecular flexibility index (Phi) is 16.3. The van der Waals surface area contributed by atoms with E-state index >= 15 is 0 Å². The second-order valence-corrected chi connectivity index (χ2v) is 13.8. The van der Waals surface area contributed by atoms with Crippen LogP contribution < -0.4 is 15.5 Å². The van der Waals surface area contributed by atoms with Crippen molar-refractivity contribution in [2.45, 2.75) is 99.3 Å². The van der Waals surface area contributed by atoms with E-state index in [9.17, 15) is 14.4 Å². The van der Waals surface area contributed by atoms with E-state index in [1.807, 2.05) is 38.4 Å². The van der Waals surface area contributed by atoms with Crippen LogP contribution in [-0.4, -0.2) is 98.2 Å². The molecule has 0 radical (unpaired) electrons. The molecule has 3 aromatic rings. The van der Waals surface area contributed by atoms with Crippen LogP contribution in [0.3, 0.4) is 0 Å². The van der Waals surface area contributed by atoms with Gasteiger partial charge in [-0.15, -0.1) is 0 Å². The molecule has 2 aliphatic heterocycles. The van der Waals surface area contributed by atoms with Gasteiger partial charge in [0.05, 0.1) is 18.4 Å². The molecule has 13 heteroatoms. The van der Waals surface area contributed by atoms with Crippen molar-refractivity contribution < 1.29 is 14.4 Å². The molecule has 13 nitrogen and oxygen atoms in total. The van der Waals surface area contributed by atoms with E-state index in [0.29, 0.717) is 30.4 Å². The Bertz CT molecular complexity index is 1510. The lowest BCUT2D eigenvalue weighted by Crippen LogP contribution is -2.49. The summed E-state index contributed by atoms with van der Waals surface area (Å²) in [6, 6.07) is 1.74. The first kappa shape index (κ1) is 40.6. The summed E-state index contributed by atoms with van der Waals surface area (Å²) in [5.41, 5.74) is 2.56. The van der Waals surface area contributed by atoms with Crippen molar-refractivity contribution in [2.75, 3.05) is 51.2 Å². The highest BCUT2D eigenvalue weighted by molar-refractivity contribution is 5.95. The predicted octanol–water partition coefficient (Wildman–Crippen LogP) is 4.67. The van der Waals surface area contributed by atoms with Crippen molar-refractivity contribution in [2.24, 2.45) is 24.8 Å². The van der Waals surface area contributed by atoms with Crippen molar-refractivity contribution in [3.63, 3.8) is 0 Å². The molecule has 278 valence electrons. The number of amides is 2. The summed E-state index contributed by atoms with van der Waals surface area (Å²) < 4.78 is 3.41. The Morgan fingerprint density at radius 1 is 1.06 bits per heavy atom. The van der Waals surface area contributed by atoms with Crippen LogP contribution in [0.4, 0.5) is 5.82 Å². The van der Waals surface area contributed by atoms with Crippen molar-refractivity contribution in [3.05, 3.63) is 35.5 Å². The van der Waals surface area contributed by atoms with Crippen LogP contribution in [0, 0.1) is 17.8 Å². The zero-order chi connectivity index (χ0) is 36.8. The Balaban J connectivity index is 0.000000439. The number of hydrogen-bond acceptors (Lipinski definition) is 9. The zero-order valence-electron chi connectivity index (χ0n) is 32.0. The lowest BCUT2D eigenvalue weighted by atomic mass is 9.93. The molecule has 2 fully saturated rings. The van der Waals surface area contributed by atoms with Gasteiger partial charge < -0.3 is 15.5 Å². The molecule has 2 aliphatic rings. The Hall–Kier alpha value is -3.87. The highest BCUT2D eigenvalue weighted by Gasteiger charge is 2.28. The molecular formula is C37H62N10O3. The number of nitrogens with one attached hydrogen (secondary N) is 2. The first-order valence-electron chi connectivity index (χ1n) is 18.7. The van der Waals surface area contributed by atoms with Crippen LogP contribution >= 0.6 is 0 Å². The molecule has 0 spiro atoms. The van der Waals surface area contributed by atoms with Gasteiger partial charge in [-0.2, -0.15) is 15.2 Å². The number of carbonyl (C=O) groups is 3. The van der Waals surface area contributed by atoms with E-state index in [2.05, 4.69) is 46.3 Å². The van der Waals surface area contributed by atoms with Crippen molar-refractivity contribution >= 4 is 29.2 Å². The predicted molar refractivity (Wildman–Crippen MR) is 198 cm³/mol. The summed E-state index contributed by atoms with van der Waals surface area (Å²) in [4.78, 5) is 50.0. The average molecular weight is 695 g/mol. The molecule has 50 heavy (non-hydrogen) atoms. The van der Waals surface area contributed by atoms with Gasteiger partial charge in [0, 0.05) is 77.2 Å². The highest BCUT2D eigenvalue weighted by atomic mass is 16.2. The Morgan fingerprint density at radius 2 is 1.78 bits per heavy atom. The Morgan fingerprint density at radius 3 is 2.38 bits per heavy atom. The summed E-state index contributed by atoms with van der Waals surface area (Å²) in [5.74, 6) is 2.78. The third-order valence-corrected chi connectivity index (χ3v) is 9.67. The van der Waals surface area contributed by atoms with Crippen molar-refractivity contribution in [1.82, 2.24) is 44.9 Å². The third kappa shape index (κ3) is 11.3. The molecule has 0 saturated carbocycles. The average Bonchev–Trinajstić information content (AvgIpc) is 3.75. The van der Waals surface area contributed by atoms with E-state index in [4.69, 9.17) is 15.1 Å². The minimum absolute atomic E-state index is 0.0295. The summed E-state index contributed by atoms with van der Waals surface area (Å²) in [7, 11) is 3.44. The first-order chi connectivity index (χ1) is 24.0. The molecule has 2 saturated heterocycles. The fourth-order valence-corrected chi connectivity index (χ4v) is 6.18. The first-order valence-corrected chi connectivity index (χ1v) is 18.7. The number of carbonyl (C=O) groups excluding carboxylic acids is 3. The molecule has 2 N–H and O–H groups in total. The number of piperidine rings is 1. The number of likely N-dealkylation sites (N-methyl/N-ethyl adjacent to an activating group) is 1. The van der Waals surface area contributed by atoms with Gasteiger partial charge in [-0.3, -0.25) is 24.0 Å². The number of anilines is 1. The molecular weight excluding hydrogens is 632 g/mol. The highest BCUT2D eigenvalue weighted by Crippen LogP contribution is 2.27. The van der Waals surface area contributed by atoms with Crippen LogP contribution in [0.25, 0.3) is 5.78 Å². The largest absolute Gasteiger partial charge is 0.358 e.